The van der Waals surface area contributed by atoms with Gasteiger partial charge in [-0.05, 0) is 5.56 Å². The van der Waals surface area contributed by atoms with Crippen molar-refractivity contribution < 1.29 is 4.92 Å². The Kier molecular flexibility index (Phi) is 4.45. The summed E-state index contributed by atoms with van der Waals surface area (Å²) < 4.78 is 0.855. The molecule has 1 aromatic rings. The number of rotatable bonds is 5. The Balaban J connectivity index is 2.58. The van der Waals surface area contributed by atoms with Crippen LogP contribution in [0.5, 0.6) is 0 Å². The van der Waals surface area contributed by atoms with Gasteiger partial charge in [-0.3, -0.25) is 10.1 Å². The Hall–Kier alpha value is -1.20. The van der Waals surface area contributed by atoms with Gasteiger partial charge in [-0.2, -0.15) is 0 Å². The molecule has 0 atom stereocenters. The average Bonchev–Trinajstić information content (AvgIpc) is 2.17. The van der Waals surface area contributed by atoms with Crippen molar-refractivity contribution >= 4 is 21.6 Å². The van der Waals surface area contributed by atoms with E-state index in [1.54, 1.807) is 12.1 Å². The van der Waals surface area contributed by atoms with Crippen molar-refractivity contribution in [3.8, 4) is 0 Å². The van der Waals surface area contributed by atoms with E-state index < -0.39 is 4.92 Å². The fraction of sp³-hybridized carbons (Fsp3) is 0.200. The van der Waals surface area contributed by atoms with Gasteiger partial charge < -0.3 is 5.32 Å². The van der Waals surface area contributed by atoms with Crippen molar-refractivity contribution in [2.24, 2.45) is 0 Å². The van der Waals surface area contributed by atoms with Crippen LogP contribution >= 0.6 is 15.9 Å². The molecule has 0 fully saturated rings. The van der Waals surface area contributed by atoms with Crippen molar-refractivity contribution in [3.05, 3.63) is 51.0 Å². The minimum Gasteiger partial charge on any atom is -0.308 e. The van der Waals surface area contributed by atoms with E-state index in [0.717, 1.165) is 10.0 Å². The minimum absolute atomic E-state index is 0.118. The molecule has 0 spiro atoms. The van der Waals surface area contributed by atoms with Gasteiger partial charge in [-0.25, -0.2) is 0 Å². The van der Waals surface area contributed by atoms with Gasteiger partial charge in [0.1, 0.15) is 0 Å². The summed E-state index contributed by atoms with van der Waals surface area (Å²) in [5.41, 5.74) is 1.00. The summed E-state index contributed by atoms with van der Waals surface area (Å²) in [5, 5.41) is 13.6. The molecule has 0 aliphatic rings. The van der Waals surface area contributed by atoms with Crippen molar-refractivity contribution in [1.29, 1.82) is 0 Å². The first-order valence-electron chi connectivity index (χ1n) is 4.37. The number of nitrogens with one attached hydrogen (secondary N) is 1. The lowest BCUT2D eigenvalue weighted by Gasteiger charge is -2.03. The number of benzene rings is 1. The van der Waals surface area contributed by atoms with E-state index in [9.17, 15) is 10.1 Å². The summed E-state index contributed by atoms with van der Waals surface area (Å²) in [5.74, 6) is 0. The number of nitrogens with zero attached hydrogens (tertiary/aromatic N) is 1. The lowest BCUT2D eigenvalue weighted by Crippen LogP contribution is -2.14. The van der Waals surface area contributed by atoms with Crippen molar-refractivity contribution in [1.82, 2.24) is 5.32 Å². The first kappa shape index (κ1) is 11.9. The van der Waals surface area contributed by atoms with Gasteiger partial charge in [-0.1, -0.05) is 34.6 Å². The van der Waals surface area contributed by atoms with Gasteiger partial charge >= 0.3 is 0 Å². The monoisotopic (exact) mass is 270 g/mol. The molecule has 5 heteroatoms. The fourth-order valence-corrected chi connectivity index (χ4v) is 1.32. The first-order chi connectivity index (χ1) is 7.09. The topological polar surface area (TPSA) is 55.2 Å². The Bertz CT molecular complexity index is 379. The van der Waals surface area contributed by atoms with Crippen LogP contribution in [0, 0.1) is 10.1 Å². The maximum Gasteiger partial charge on any atom is 0.269 e. The molecular formula is C10H11BrN2O2. The zero-order valence-corrected chi connectivity index (χ0v) is 9.66. The summed E-state index contributed by atoms with van der Waals surface area (Å²) >= 11 is 3.22. The van der Waals surface area contributed by atoms with Gasteiger partial charge in [0.15, 0.2) is 0 Å². The molecule has 0 aromatic heterocycles. The number of halogens is 1. The van der Waals surface area contributed by atoms with Crippen LogP contribution in [-0.2, 0) is 6.54 Å². The highest BCUT2D eigenvalue weighted by molar-refractivity contribution is 9.11. The highest BCUT2D eigenvalue weighted by Gasteiger charge is 2.04. The Morgan fingerprint density at radius 1 is 1.60 bits per heavy atom. The molecule has 0 heterocycles. The van der Waals surface area contributed by atoms with Crippen molar-refractivity contribution in [2.75, 3.05) is 6.54 Å². The molecule has 1 N–H and O–H groups in total. The largest absolute Gasteiger partial charge is 0.308 e. The molecule has 0 amide bonds. The third kappa shape index (κ3) is 4.22. The smallest absolute Gasteiger partial charge is 0.269 e. The Labute approximate surface area is 96.3 Å². The molecule has 0 saturated heterocycles. The second-order valence-electron chi connectivity index (χ2n) is 3.05. The van der Waals surface area contributed by atoms with E-state index in [-0.39, 0.29) is 5.69 Å². The number of nitro groups is 1. The van der Waals surface area contributed by atoms with Gasteiger partial charge in [0, 0.05) is 29.7 Å². The van der Waals surface area contributed by atoms with E-state index in [4.69, 9.17) is 0 Å². The number of nitro benzene ring substituents is 1. The van der Waals surface area contributed by atoms with Gasteiger partial charge in [0.05, 0.1) is 4.92 Å². The molecular weight excluding hydrogens is 260 g/mol. The van der Waals surface area contributed by atoms with Crippen LogP contribution in [0.15, 0.2) is 35.3 Å². The quantitative estimate of drug-likeness (QED) is 0.661. The van der Waals surface area contributed by atoms with Crippen LogP contribution in [-0.4, -0.2) is 11.5 Å². The van der Waals surface area contributed by atoms with E-state index in [0.29, 0.717) is 13.1 Å². The minimum atomic E-state index is -0.396. The Morgan fingerprint density at radius 3 is 2.93 bits per heavy atom. The highest BCUT2D eigenvalue weighted by Crippen LogP contribution is 2.12. The standard InChI is InChI=1S/C10H11BrN2O2/c1-8(11)6-12-7-9-3-2-4-10(5-9)13(14)15/h2-5,12H,1,6-7H2. The molecule has 1 aromatic carbocycles. The number of hydrogen-bond acceptors (Lipinski definition) is 3. The molecule has 1 rings (SSSR count). The normalized spacial score (nSPS) is 9.93. The number of non-ortho nitro benzene ring substituents is 1. The molecule has 0 aliphatic carbocycles. The zero-order chi connectivity index (χ0) is 11.3. The lowest BCUT2D eigenvalue weighted by atomic mass is 10.2. The molecule has 0 unspecified atom stereocenters. The van der Waals surface area contributed by atoms with Gasteiger partial charge in [-0.15, -0.1) is 0 Å². The lowest BCUT2D eigenvalue weighted by molar-refractivity contribution is -0.384. The van der Waals surface area contributed by atoms with E-state index >= 15 is 0 Å². The van der Waals surface area contributed by atoms with Crippen LogP contribution in [0.2, 0.25) is 0 Å². The molecule has 0 saturated carbocycles. The fourth-order valence-electron chi connectivity index (χ4n) is 1.12. The zero-order valence-electron chi connectivity index (χ0n) is 8.07. The molecule has 15 heavy (non-hydrogen) atoms. The third-order valence-corrected chi connectivity index (χ3v) is 2.05. The predicted octanol–water partition coefficient (Wildman–Crippen LogP) is 2.59. The molecule has 0 bridgehead atoms. The second kappa shape index (κ2) is 5.63. The summed E-state index contributed by atoms with van der Waals surface area (Å²) in [4.78, 5) is 10.1. The maximum atomic E-state index is 10.5. The van der Waals surface area contributed by atoms with E-state index in [2.05, 4.69) is 27.8 Å². The first-order valence-corrected chi connectivity index (χ1v) is 5.16. The molecule has 4 nitrogen and oxygen atoms in total. The van der Waals surface area contributed by atoms with Crippen molar-refractivity contribution in [3.63, 3.8) is 0 Å². The SMILES string of the molecule is C=C(Br)CNCc1cccc([N+](=O)[O-])c1. The van der Waals surface area contributed by atoms with Crippen LogP contribution in [0.1, 0.15) is 5.56 Å². The van der Waals surface area contributed by atoms with Crippen LogP contribution in [0.25, 0.3) is 0 Å². The van der Waals surface area contributed by atoms with Crippen LogP contribution in [0.3, 0.4) is 0 Å². The molecule has 80 valence electrons. The van der Waals surface area contributed by atoms with Crippen molar-refractivity contribution in [2.45, 2.75) is 6.54 Å². The van der Waals surface area contributed by atoms with Gasteiger partial charge in [0.2, 0.25) is 0 Å². The summed E-state index contributed by atoms with van der Waals surface area (Å²) in [7, 11) is 0. The molecule has 0 aliphatic heterocycles. The average molecular weight is 271 g/mol. The van der Waals surface area contributed by atoms with Gasteiger partial charge in [0.25, 0.3) is 5.69 Å². The van der Waals surface area contributed by atoms with Crippen LogP contribution in [0.4, 0.5) is 5.69 Å². The van der Waals surface area contributed by atoms with E-state index in [1.807, 2.05) is 6.07 Å². The number of hydrogen-bond donors (Lipinski definition) is 1. The summed E-state index contributed by atoms with van der Waals surface area (Å²) in [6.07, 6.45) is 0. The van der Waals surface area contributed by atoms with Crippen LogP contribution < -0.4 is 5.32 Å². The van der Waals surface area contributed by atoms with E-state index in [1.165, 1.54) is 6.07 Å². The summed E-state index contributed by atoms with van der Waals surface area (Å²) in [6, 6.07) is 6.56. The maximum absolute atomic E-state index is 10.5. The molecule has 0 radical (unpaired) electrons. The highest BCUT2D eigenvalue weighted by atomic mass is 79.9. The predicted molar refractivity (Wildman–Crippen MR) is 62.9 cm³/mol. The summed E-state index contributed by atoms with van der Waals surface area (Å²) in [6.45, 7) is 4.91. The third-order valence-electron chi connectivity index (χ3n) is 1.77. The Morgan fingerprint density at radius 2 is 2.33 bits per heavy atom. The second-order valence-corrected chi connectivity index (χ2v) is 4.17.